The molecule has 0 fully saturated rings. The first-order valence-electron chi connectivity index (χ1n) is 12.6. The van der Waals surface area contributed by atoms with Crippen molar-refractivity contribution in [2.24, 2.45) is 4.99 Å². The van der Waals surface area contributed by atoms with Crippen LogP contribution in [-0.4, -0.2) is 41.5 Å². The van der Waals surface area contributed by atoms with Gasteiger partial charge in [0, 0.05) is 31.2 Å². The van der Waals surface area contributed by atoms with E-state index in [1.54, 1.807) is 24.4 Å². The van der Waals surface area contributed by atoms with Crippen molar-refractivity contribution in [1.82, 2.24) is 15.2 Å². The van der Waals surface area contributed by atoms with Crippen LogP contribution in [-0.2, 0) is 17.9 Å². The Kier molecular flexibility index (Phi) is 7.56. The molecule has 0 spiro atoms. The topological polar surface area (TPSA) is 86.7 Å². The van der Waals surface area contributed by atoms with Gasteiger partial charge in [-0.15, -0.1) is 0 Å². The normalized spacial score (nSPS) is 14.7. The van der Waals surface area contributed by atoms with Crippen molar-refractivity contribution >= 4 is 28.9 Å². The van der Waals surface area contributed by atoms with Crippen LogP contribution in [0.3, 0.4) is 0 Å². The molecule has 196 valence electrons. The minimum Gasteiger partial charge on any atom is -0.348 e. The van der Waals surface area contributed by atoms with Gasteiger partial charge in [-0.25, -0.2) is 4.39 Å². The summed E-state index contributed by atoms with van der Waals surface area (Å²) in [5.74, 6) is -1.64. The number of pyridine rings is 1. The third kappa shape index (κ3) is 6.08. The Hall–Kier alpha value is -4.69. The fourth-order valence-corrected chi connectivity index (χ4v) is 4.60. The van der Waals surface area contributed by atoms with Crippen LogP contribution in [0.5, 0.6) is 0 Å². The van der Waals surface area contributed by atoms with Gasteiger partial charge in [0.15, 0.2) is 0 Å². The van der Waals surface area contributed by atoms with Crippen LogP contribution < -0.4 is 10.6 Å². The standard InChI is InChI=1S/C31H28FN5O2/c1-37(2)19-20-8-11-25(12-9-20)35-29(28-26-13-10-24(32)16-27(26)36-31(28)39)22-6-3-5-21(15-22)17-34-30(38)23-7-4-14-33-18-23/h3-16,18,28H,17,19H2,1-2H3,(H,34,38)(H,36,39). The van der Waals surface area contributed by atoms with E-state index in [1.165, 1.54) is 18.3 Å². The first kappa shape index (κ1) is 25.9. The summed E-state index contributed by atoms with van der Waals surface area (Å²) >= 11 is 0. The molecule has 0 aliphatic carbocycles. The Morgan fingerprint density at radius 3 is 2.54 bits per heavy atom. The van der Waals surface area contributed by atoms with E-state index >= 15 is 0 Å². The molecule has 1 aromatic heterocycles. The van der Waals surface area contributed by atoms with Crippen molar-refractivity contribution in [2.75, 3.05) is 19.4 Å². The Morgan fingerprint density at radius 1 is 1.00 bits per heavy atom. The average molecular weight is 522 g/mol. The molecular weight excluding hydrogens is 493 g/mol. The van der Waals surface area contributed by atoms with Crippen molar-refractivity contribution in [3.8, 4) is 0 Å². The number of nitrogens with zero attached hydrogens (tertiary/aromatic N) is 3. The zero-order valence-electron chi connectivity index (χ0n) is 21.7. The molecule has 3 aromatic carbocycles. The summed E-state index contributed by atoms with van der Waals surface area (Å²) in [6, 6.07) is 23.2. The Morgan fingerprint density at radius 2 is 1.79 bits per heavy atom. The van der Waals surface area contributed by atoms with Gasteiger partial charge in [-0.3, -0.25) is 19.6 Å². The molecule has 8 heteroatoms. The number of aliphatic imine (C=N–C) groups is 1. The first-order valence-corrected chi connectivity index (χ1v) is 12.6. The van der Waals surface area contributed by atoms with Crippen LogP contribution in [0.4, 0.5) is 15.8 Å². The van der Waals surface area contributed by atoms with Crippen LogP contribution >= 0.6 is 0 Å². The van der Waals surface area contributed by atoms with E-state index in [-0.39, 0.29) is 18.4 Å². The molecule has 0 bridgehead atoms. The summed E-state index contributed by atoms with van der Waals surface area (Å²) in [4.78, 5) is 36.7. The van der Waals surface area contributed by atoms with Crippen molar-refractivity contribution in [2.45, 2.75) is 19.0 Å². The van der Waals surface area contributed by atoms with Gasteiger partial charge in [-0.2, -0.15) is 0 Å². The molecule has 39 heavy (non-hydrogen) atoms. The summed E-state index contributed by atoms with van der Waals surface area (Å²) in [5, 5.41) is 5.71. The predicted molar refractivity (Wildman–Crippen MR) is 150 cm³/mol. The van der Waals surface area contributed by atoms with E-state index in [4.69, 9.17) is 4.99 Å². The molecule has 0 radical (unpaired) electrons. The van der Waals surface area contributed by atoms with Crippen LogP contribution in [0.1, 0.15) is 38.5 Å². The van der Waals surface area contributed by atoms with Crippen molar-refractivity contribution in [3.63, 3.8) is 0 Å². The quantitative estimate of drug-likeness (QED) is 0.317. The SMILES string of the molecule is CN(C)Cc1ccc(N=C(c2cccc(CNC(=O)c3cccnc3)c2)C2C(=O)Nc3cc(F)ccc32)cc1. The molecule has 2 amide bonds. The van der Waals surface area contributed by atoms with Gasteiger partial charge in [-0.05, 0) is 78.8 Å². The van der Waals surface area contributed by atoms with E-state index < -0.39 is 11.7 Å². The second-order valence-corrected chi connectivity index (χ2v) is 9.68. The highest BCUT2D eigenvalue weighted by molar-refractivity contribution is 6.24. The highest BCUT2D eigenvalue weighted by Crippen LogP contribution is 2.37. The molecule has 2 heterocycles. The fourth-order valence-electron chi connectivity index (χ4n) is 4.60. The smallest absolute Gasteiger partial charge is 0.253 e. The maximum Gasteiger partial charge on any atom is 0.253 e. The van der Waals surface area contributed by atoms with Gasteiger partial charge >= 0.3 is 0 Å². The number of rotatable bonds is 8. The summed E-state index contributed by atoms with van der Waals surface area (Å²) in [6.07, 6.45) is 3.13. The van der Waals surface area contributed by atoms with Crippen LogP contribution in [0, 0.1) is 5.82 Å². The Bertz CT molecular complexity index is 1530. The van der Waals surface area contributed by atoms with E-state index in [0.717, 1.165) is 23.2 Å². The van der Waals surface area contributed by atoms with Gasteiger partial charge in [0.05, 0.1) is 17.0 Å². The molecule has 7 nitrogen and oxygen atoms in total. The van der Waals surface area contributed by atoms with E-state index in [2.05, 4.69) is 20.5 Å². The second kappa shape index (κ2) is 11.4. The molecule has 2 N–H and O–H groups in total. The Balaban J connectivity index is 1.49. The van der Waals surface area contributed by atoms with Gasteiger partial charge in [0.1, 0.15) is 11.7 Å². The number of hydrogen-bond acceptors (Lipinski definition) is 5. The third-order valence-electron chi connectivity index (χ3n) is 6.40. The maximum atomic E-state index is 13.9. The van der Waals surface area contributed by atoms with Gasteiger partial charge in [0.25, 0.3) is 5.91 Å². The second-order valence-electron chi connectivity index (χ2n) is 9.68. The number of hydrogen-bond donors (Lipinski definition) is 2. The number of benzene rings is 3. The number of carbonyl (C=O) groups is 2. The molecule has 1 aliphatic rings. The van der Waals surface area contributed by atoms with Crippen LogP contribution in [0.15, 0.2) is 96.2 Å². The van der Waals surface area contributed by atoms with E-state index in [0.29, 0.717) is 28.2 Å². The number of carbonyl (C=O) groups excluding carboxylic acids is 2. The van der Waals surface area contributed by atoms with Crippen molar-refractivity contribution in [3.05, 3.63) is 125 Å². The predicted octanol–water partition coefficient (Wildman–Crippen LogP) is 5.07. The Labute approximate surface area is 226 Å². The molecule has 5 rings (SSSR count). The molecule has 0 saturated heterocycles. The summed E-state index contributed by atoms with van der Waals surface area (Å²) < 4.78 is 13.9. The van der Waals surface area contributed by atoms with Gasteiger partial charge < -0.3 is 15.5 Å². The number of aromatic nitrogens is 1. The zero-order valence-corrected chi connectivity index (χ0v) is 21.7. The zero-order chi connectivity index (χ0) is 27.4. The fraction of sp³-hybridized carbons (Fsp3) is 0.161. The monoisotopic (exact) mass is 521 g/mol. The van der Waals surface area contributed by atoms with E-state index in [9.17, 15) is 14.0 Å². The first-order chi connectivity index (χ1) is 18.9. The third-order valence-corrected chi connectivity index (χ3v) is 6.40. The molecular formula is C31H28FN5O2. The average Bonchev–Trinajstić information content (AvgIpc) is 3.26. The summed E-state index contributed by atoms with van der Waals surface area (Å²) in [7, 11) is 4.02. The van der Waals surface area contributed by atoms with E-state index in [1.807, 2.05) is 62.6 Å². The van der Waals surface area contributed by atoms with Crippen LogP contribution in [0.2, 0.25) is 0 Å². The minimum absolute atomic E-state index is 0.230. The summed E-state index contributed by atoms with van der Waals surface area (Å²) in [6.45, 7) is 1.08. The number of fused-ring (bicyclic) bond motifs is 1. The lowest BCUT2D eigenvalue weighted by Crippen LogP contribution is -2.24. The molecule has 4 aromatic rings. The minimum atomic E-state index is -0.720. The number of anilines is 1. The molecule has 0 saturated carbocycles. The highest BCUT2D eigenvalue weighted by atomic mass is 19.1. The lowest BCUT2D eigenvalue weighted by atomic mass is 9.90. The molecule has 1 unspecified atom stereocenters. The number of amides is 2. The van der Waals surface area contributed by atoms with Crippen molar-refractivity contribution in [1.29, 1.82) is 0 Å². The lowest BCUT2D eigenvalue weighted by molar-refractivity contribution is -0.115. The van der Waals surface area contributed by atoms with Crippen LogP contribution in [0.25, 0.3) is 0 Å². The molecule has 1 atom stereocenters. The maximum absolute atomic E-state index is 13.9. The number of nitrogens with one attached hydrogen (secondary N) is 2. The van der Waals surface area contributed by atoms with Gasteiger partial charge in [-0.1, -0.05) is 36.4 Å². The largest absolute Gasteiger partial charge is 0.348 e. The lowest BCUT2D eigenvalue weighted by Gasteiger charge is -2.16. The van der Waals surface area contributed by atoms with Gasteiger partial charge in [0.2, 0.25) is 5.91 Å². The summed E-state index contributed by atoms with van der Waals surface area (Å²) in [5.41, 5.74) is 5.55. The number of halogens is 1. The molecule has 1 aliphatic heterocycles. The highest BCUT2D eigenvalue weighted by Gasteiger charge is 2.35. The van der Waals surface area contributed by atoms with Crippen molar-refractivity contribution < 1.29 is 14.0 Å².